The Morgan fingerprint density at radius 2 is 1.58 bits per heavy atom. The standard InChI is InChI=1S/C12H7N3.C7H6N2O2/c1-8-10-4-2-3-5-11(10)12(15-8)9(6-13)7-14;1-4-5(3-8)7(11)9(2)6(4)10/h2-5H,1H3;1-2H3. The maximum atomic E-state index is 11.0. The molecule has 7 heteroatoms. The Morgan fingerprint density at radius 3 is 2.00 bits per heavy atom. The van der Waals surface area contributed by atoms with Gasteiger partial charge in [0.15, 0.2) is 5.57 Å². The van der Waals surface area contributed by atoms with E-state index in [-0.39, 0.29) is 22.6 Å². The van der Waals surface area contributed by atoms with E-state index in [0.717, 1.165) is 21.7 Å². The smallest absolute Gasteiger partial charge is 0.271 e. The minimum absolute atomic E-state index is 0.0440. The second kappa shape index (κ2) is 7.25. The van der Waals surface area contributed by atoms with Crippen LogP contribution in [0.4, 0.5) is 0 Å². The molecule has 7 nitrogen and oxygen atoms in total. The molecular weight excluding hydrogens is 330 g/mol. The Morgan fingerprint density at radius 1 is 1.00 bits per heavy atom. The van der Waals surface area contributed by atoms with Crippen molar-refractivity contribution in [2.75, 3.05) is 7.05 Å². The lowest BCUT2D eigenvalue weighted by molar-refractivity contribution is -0.135. The summed E-state index contributed by atoms with van der Waals surface area (Å²) in [4.78, 5) is 27.2. The summed E-state index contributed by atoms with van der Waals surface area (Å²) in [6.07, 6.45) is 0. The van der Waals surface area contributed by atoms with Gasteiger partial charge in [-0.2, -0.15) is 15.8 Å². The number of imide groups is 1. The van der Waals surface area contributed by atoms with E-state index in [9.17, 15) is 9.59 Å². The van der Waals surface area contributed by atoms with Gasteiger partial charge in [-0.25, -0.2) is 0 Å². The molecule has 1 aromatic rings. The van der Waals surface area contributed by atoms with E-state index in [1.807, 2.05) is 43.3 Å². The zero-order valence-electron chi connectivity index (χ0n) is 14.4. The Bertz CT molecular complexity index is 1020. The van der Waals surface area contributed by atoms with Gasteiger partial charge in [-0.1, -0.05) is 24.3 Å². The highest BCUT2D eigenvalue weighted by Gasteiger charge is 2.32. The van der Waals surface area contributed by atoms with Crippen molar-refractivity contribution in [1.82, 2.24) is 4.90 Å². The Kier molecular flexibility index (Phi) is 5.11. The number of benzene rings is 1. The molecule has 0 N–H and O–H groups in total. The number of aliphatic imine (C=N–C) groups is 1. The molecule has 0 radical (unpaired) electrons. The van der Waals surface area contributed by atoms with Gasteiger partial charge in [-0.3, -0.25) is 19.5 Å². The molecule has 1 aromatic carbocycles. The Hall–Kier alpha value is -4.02. The molecule has 0 atom stereocenters. The molecule has 0 aromatic heterocycles. The molecule has 2 aliphatic heterocycles. The second-order valence-electron chi connectivity index (χ2n) is 5.47. The molecule has 2 amide bonds. The van der Waals surface area contributed by atoms with Crippen molar-refractivity contribution in [1.29, 1.82) is 15.8 Å². The van der Waals surface area contributed by atoms with Crippen LogP contribution in [-0.4, -0.2) is 29.5 Å². The molecule has 0 unspecified atom stereocenters. The molecule has 3 rings (SSSR count). The zero-order chi connectivity index (χ0) is 19.4. The van der Waals surface area contributed by atoms with Gasteiger partial charge in [-0.15, -0.1) is 0 Å². The van der Waals surface area contributed by atoms with Crippen LogP contribution < -0.4 is 0 Å². The molecule has 0 saturated heterocycles. The largest absolute Gasteiger partial charge is 0.277 e. The highest BCUT2D eigenvalue weighted by molar-refractivity contribution is 6.20. The number of nitriles is 3. The van der Waals surface area contributed by atoms with E-state index in [1.54, 1.807) is 6.07 Å². The van der Waals surface area contributed by atoms with Crippen LogP contribution in [0.1, 0.15) is 25.0 Å². The van der Waals surface area contributed by atoms with Gasteiger partial charge in [0, 0.05) is 29.5 Å². The van der Waals surface area contributed by atoms with Crippen molar-refractivity contribution in [3.63, 3.8) is 0 Å². The van der Waals surface area contributed by atoms with Gasteiger partial charge < -0.3 is 0 Å². The maximum Gasteiger partial charge on any atom is 0.271 e. The number of nitrogens with zero attached hydrogens (tertiary/aromatic N) is 5. The van der Waals surface area contributed by atoms with E-state index in [0.29, 0.717) is 5.70 Å². The highest BCUT2D eigenvalue weighted by atomic mass is 16.2. The van der Waals surface area contributed by atoms with Crippen LogP contribution >= 0.6 is 0 Å². The SMILES string of the molecule is CC1=C(C#N)C(=O)N(C)C1=O.CC1=NC(=C(C#N)C#N)c2ccccc21. The predicted octanol–water partition coefficient (Wildman–Crippen LogP) is 2.09. The van der Waals surface area contributed by atoms with E-state index < -0.39 is 5.91 Å². The highest BCUT2D eigenvalue weighted by Crippen LogP contribution is 2.30. The summed E-state index contributed by atoms with van der Waals surface area (Å²) in [6, 6.07) is 13.0. The van der Waals surface area contributed by atoms with Gasteiger partial charge >= 0.3 is 0 Å². The van der Waals surface area contributed by atoms with Gasteiger partial charge in [0.25, 0.3) is 11.8 Å². The van der Waals surface area contributed by atoms with Crippen LogP contribution in [0.5, 0.6) is 0 Å². The topological polar surface area (TPSA) is 121 Å². The van der Waals surface area contributed by atoms with Crippen LogP contribution in [0.25, 0.3) is 5.70 Å². The number of hydrogen-bond donors (Lipinski definition) is 0. The molecular formula is C19H13N5O2. The van der Waals surface area contributed by atoms with Crippen LogP contribution in [0.15, 0.2) is 46.0 Å². The molecule has 0 spiro atoms. The minimum atomic E-state index is -0.505. The summed E-state index contributed by atoms with van der Waals surface area (Å²) in [6.45, 7) is 3.35. The summed E-state index contributed by atoms with van der Waals surface area (Å²) >= 11 is 0. The first-order chi connectivity index (χ1) is 12.4. The zero-order valence-corrected chi connectivity index (χ0v) is 14.4. The summed E-state index contributed by atoms with van der Waals surface area (Å²) in [5.41, 5.74) is 3.47. The van der Waals surface area contributed by atoms with Gasteiger partial charge in [-0.05, 0) is 13.8 Å². The van der Waals surface area contributed by atoms with E-state index in [2.05, 4.69) is 4.99 Å². The van der Waals surface area contributed by atoms with Crippen LogP contribution in [0.3, 0.4) is 0 Å². The van der Waals surface area contributed by atoms with Crippen LogP contribution in [0, 0.1) is 34.0 Å². The molecule has 2 aliphatic rings. The summed E-state index contributed by atoms with van der Waals surface area (Å²) in [5.74, 6) is -0.887. The fourth-order valence-corrected chi connectivity index (χ4v) is 2.53. The second-order valence-corrected chi connectivity index (χ2v) is 5.47. The number of allylic oxidation sites excluding steroid dienone is 1. The Balaban J connectivity index is 0.000000197. The van der Waals surface area contributed by atoms with Crippen molar-refractivity contribution in [3.05, 3.63) is 52.1 Å². The van der Waals surface area contributed by atoms with E-state index in [4.69, 9.17) is 15.8 Å². The fraction of sp³-hybridized carbons (Fsp3) is 0.158. The first-order valence-electron chi connectivity index (χ1n) is 7.50. The number of carbonyl (C=O) groups is 2. The van der Waals surface area contributed by atoms with Crippen molar-refractivity contribution in [2.45, 2.75) is 13.8 Å². The first kappa shape index (κ1) is 18.3. The van der Waals surface area contributed by atoms with Gasteiger partial charge in [0.1, 0.15) is 23.8 Å². The third-order valence-corrected chi connectivity index (χ3v) is 3.94. The normalized spacial score (nSPS) is 14.7. The molecule has 0 aliphatic carbocycles. The monoisotopic (exact) mass is 343 g/mol. The number of rotatable bonds is 0. The van der Waals surface area contributed by atoms with Crippen molar-refractivity contribution < 1.29 is 9.59 Å². The van der Waals surface area contributed by atoms with E-state index in [1.165, 1.54) is 14.0 Å². The van der Waals surface area contributed by atoms with E-state index >= 15 is 0 Å². The maximum absolute atomic E-state index is 11.0. The van der Waals surface area contributed by atoms with Crippen molar-refractivity contribution in [2.24, 2.45) is 4.99 Å². The average Bonchev–Trinajstić information content (AvgIpc) is 3.08. The number of carbonyl (C=O) groups excluding carboxylic acids is 2. The lowest BCUT2D eigenvalue weighted by atomic mass is 10.0. The minimum Gasteiger partial charge on any atom is -0.277 e. The van der Waals surface area contributed by atoms with Crippen LogP contribution in [0.2, 0.25) is 0 Å². The molecule has 0 saturated carbocycles. The molecule has 0 fully saturated rings. The fourth-order valence-electron chi connectivity index (χ4n) is 2.53. The van der Waals surface area contributed by atoms with Gasteiger partial charge in [0.2, 0.25) is 0 Å². The Labute approximate surface area is 150 Å². The average molecular weight is 343 g/mol. The molecule has 126 valence electrons. The summed E-state index contributed by atoms with van der Waals surface area (Å²) in [7, 11) is 1.36. The predicted molar refractivity (Wildman–Crippen MR) is 92.9 cm³/mol. The first-order valence-corrected chi connectivity index (χ1v) is 7.50. The number of hydrogen-bond acceptors (Lipinski definition) is 6. The summed E-state index contributed by atoms with van der Waals surface area (Å²) in [5, 5.41) is 26.0. The van der Waals surface area contributed by atoms with Gasteiger partial charge in [0.05, 0.1) is 5.70 Å². The van der Waals surface area contributed by atoms with Crippen LogP contribution in [-0.2, 0) is 9.59 Å². The lowest BCUT2D eigenvalue weighted by Crippen LogP contribution is -2.26. The molecule has 0 bridgehead atoms. The molecule has 2 heterocycles. The quantitative estimate of drug-likeness (QED) is 0.527. The summed E-state index contributed by atoms with van der Waals surface area (Å²) < 4.78 is 0. The third-order valence-electron chi connectivity index (χ3n) is 3.94. The third kappa shape index (κ3) is 3.00. The number of fused-ring (bicyclic) bond motifs is 1. The lowest BCUT2D eigenvalue weighted by Gasteiger charge is -2.03. The number of amides is 2. The van der Waals surface area contributed by atoms with Crippen molar-refractivity contribution >= 4 is 23.2 Å². The van der Waals surface area contributed by atoms with Crippen molar-refractivity contribution in [3.8, 4) is 18.2 Å². The number of likely N-dealkylation sites (N-methyl/N-ethyl adjacent to an activating group) is 1. The molecule has 26 heavy (non-hydrogen) atoms.